The maximum Gasteiger partial charge on any atom is 0.0899 e. The van der Waals surface area contributed by atoms with Crippen molar-refractivity contribution in [2.45, 2.75) is 24.9 Å². The number of piperidine rings is 3. The molecule has 0 saturated carbocycles. The lowest BCUT2D eigenvalue weighted by molar-refractivity contribution is 0.133. The zero-order valence-electron chi connectivity index (χ0n) is 13.2. The first-order valence-corrected chi connectivity index (χ1v) is 8.62. The monoisotopic (exact) mass is 303 g/mol. The number of hydrazone groups is 1. The number of nitrogens with zero attached hydrogens (tertiary/aromatic N) is 2. The Kier molecular flexibility index (Phi) is 3.01. The van der Waals surface area contributed by atoms with E-state index in [2.05, 4.69) is 64.9 Å². The predicted molar refractivity (Wildman–Crippen MR) is 93.3 cm³/mol. The highest BCUT2D eigenvalue weighted by Crippen LogP contribution is 2.39. The minimum atomic E-state index is 0.318. The second kappa shape index (κ2) is 5.20. The van der Waals surface area contributed by atoms with Crippen molar-refractivity contribution in [3.63, 3.8) is 0 Å². The largest absolute Gasteiger partial charge is 0.301 e. The quantitative estimate of drug-likeness (QED) is 0.920. The molecule has 4 heterocycles. The molecule has 4 aliphatic heterocycles. The van der Waals surface area contributed by atoms with E-state index < -0.39 is 0 Å². The van der Waals surface area contributed by atoms with Crippen molar-refractivity contribution in [2.24, 2.45) is 11.0 Å². The molecule has 0 radical (unpaired) electrons. The first-order chi connectivity index (χ1) is 11.4. The van der Waals surface area contributed by atoms with E-state index in [0.717, 1.165) is 0 Å². The predicted octanol–water partition coefficient (Wildman–Crippen LogP) is 3.45. The minimum absolute atomic E-state index is 0.318. The van der Waals surface area contributed by atoms with Gasteiger partial charge in [-0.3, -0.25) is 4.90 Å². The van der Waals surface area contributed by atoms with E-state index in [1.54, 1.807) is 0 Å². The highest BCUT2D eigenvalue weighted by atomic mass is 15.4. The molecule has 23 heavy (non-hydrogen) atoms. The van der Waals surface area contributed by atoms with Gasteiger partial charge in [0, 0.05) is 5.92 Å². The molecule has 3 nitrogen and oxygen atoms in total. The molecule has 0 aliphatic carbocycles. The summed E-state index contributed by atoms with van der Waals surface area (Å²) in [4.78, 5) is 2.62. The molecule has 6 rings (SSSR count). The molecule has 4 aliphatic rings. The Hall–Kier alpha value is -2.13. The van der Waals surface area contributed by atoms with Crippen LogP contribution in [0.15, 0.2) is 59.7 Å². The molecule has 3 saturated heterocycles. The van der Waals surface area contributed by atoms with Crippen molar-refractivity contribution >= 4 is 5.71 Å². The van der Waals surface area contributed by atoms with Crippen LogP contribution in [0.5, 0.6) is 0 Å². The summed E-state index contributed by atoms with van der Waals surface area (Å²) in [6.45, 7) is 2.46. The topological polar surface area (TPSA) is 27.6 Å². The van der Waals surface area contributed by atoms with E-state index in [1.807, 2.05) is 0 Å². The molecule has 0 unspecified atom stereocenters. The van der Waals surface area contributed by atoms with E-state index in [9.17, 15) is 0 Å². The zero-order chi connectivity index (χ0) is 15.2. The Balaban J connectivity index is 1.43. The van der Waals surface area contributed by atoms with Gasteiger partial charge in [-0.25, -0.2) is 0 Å². The van der Waals surface area contributed by atoms with E-state index in [-0.39, 0.29) is 0 Å². The van der Waals surface area contributed by atoms with Crippen LogP contribution in [-0.2, 0) is 0 Å². The van der Waals surface area contributed by atoms with Crippen molar-refractivity contribution in [3.8, 4) is 11.1 Å². The van der Waals surface area contributed by atoms with Crippen LogP contribution in [0, 0.1) is 5.92 Å². The normalized spacial score (nSPS) is 31.4. The Bertz CT molecular complexity index is 727. The molecule has 0 spiro atoms. The lowest BCUT2D eigenvalue weighted by atomic mass is 9.78. The third kappa shape index (κ3) is 2.11. The van der Waals surface area contributed by atoms with Gasteiger partial charge in [0.05, 0.1) is 17.8 Å². The van der Waals surface area contributed by atoms with Gasteiger partial charge >= 0.3 is 0 Å². The van der Waals surface area contributed by atoms with E-state index in [4.69, 9.17) is 5.10 Å². The third-order valence-electron chi connectivity index (χ3n) is 5.67. The molecule has 2 aromatic carbocycles. The van der Waals surface area contributed by atoms with Crippen LogP contribution in [0.25, 0.3) is 11.1 Å². The van der Waals surface area contributed by atoms with Gasteiger partial charge in [-0.15, -0.1) is 0 Å². The molecule has 3 fully saturated rings. The number of nitrogens with one attached hydrogen (secondary N) is 1. The number of hydrogen-bond acceptors (Lipinski definition) is 3. The van der Waals surface area contributed by atoms with Crippen LogP contribution in [-0.4, -0.2) is 29.7 Å². The average Bonchev–Trinajstić information content (AvgIpc) is 3.11. The van der Waals surface area contributed by atoms with E-state index in [0.29, 0.717) is 18.0 Å². The third-order valence-corrected chi connectivity index (χ3v) is 5.67. The van der Waals surface area contributed by atoms with Crippen LogP contribution in [0.4, 0.5) is 0 Å². The van der Waals surface area contributed by atoms with Crippen LogP contribution in [0.2, 0.25) is 0 Å². The van der Waals surface area contributed by atoms with Gasteiger partial charge in [0.2, 0.25) is 0 Å². The first kappa shape index (κ1) is 13.3. The molecule has 0 amide bonds. The van der Waals surface area contributed by atoms with Gasteiger partial charge in [0.15, 0.2) is 0 Å². The van der Waals surface area contributed by atoms with Crippen molar-refractivity contribution in [1.82, 2.24) is 10.3 Å². The summed E-state index contributed by atoms with van der Waals surface area (Å²) in [6, 6.07) is 20.4. The van der Waals surface area contributed by atoms with Gasteiger partial charge in [-0.1, -0.05) is 54.6 Å². The second-order valence-electron chi connectivity index (χ2n) is 6.89. The number of benzene rings is 2. The number of rotatable bonds is 2. The number of fused-ring (bicyclic) bond motifs is 2. The summed E-state index contributed by atoms with van der Waals surface area (Å²) in [5, 5.41) is 4.70. The summed E-state index contributed by atoms with van der Waals surface area (Å²) in [6.07, 6.45) is 2.58. The van der Waals surface area contributed by atoms with Gasteiger partial charge in [0.25, 0.3) is 0 Å². The highest BCUT2D eigenvalue weighted by Gasteiger charge is 2.46. The smallest absolute Gasteiger partial charge is 0.0899 e. The molecule has 2 aromatic rings. The summed E-state index contributed by atoms with van der Waals surface area (Å²) in [7, 11) is 0. The molecule has 2 atom stereocenters. The van der Waals surface area contributed by atoms with Gasteiger partial charge < -0.3 is 5.43 Å². The van der Waals surface area contributed by atoms with Crippen molar-refractivity contribution in [1.29, 1.82) is 0 Å². The highest BCUT2D eigenvalue weighted by molar-refractivity contribution is 5.95. The summed E-state index contributed by atoms with van der Waals surface area (Å²) in [5.74, 6) is 0.714. The van der Waals surface area contributed by atoms with Gasteiger partial charge in [0.1, 0.15) is 0 Å². The molecular weight excluding hydrogens is 282 g/mol. The molecule has 1 N–H and O–H groups in total. The summed E-state index contributed by atoms with van der Waals surface area (Å²) < 4.78 is 0. The first-order valence-electron chi connectivity index (χ1n) is 8.62. The van der Waals surface area contributed by atoms with Crippen molar-refractivity contribution < 1.29 is 0 Å². The van der Waals surface area contributed by atoms with E-state index >= 15 is 0 Å². The minimum Gasteiger partial charge on any atom is -0.301 e. The maximum atomic E-state index is 4.70. The molecule has 2 bridgehead atoms. The van der Waals surface area contributed by atoms with Crippen LogP contribution >= 0.6 is 0 Å². The molecular formula is C20H21N3. The fourth-order valence-electron chi connectivity index (χ4n) is 4.43. The molecule has 116 valence electrons. The SMILES string of the molecule is c1ccc(-c2ccc([C@@H]3NN=C4C5CCN(CC5)[C@@H]43)cc2)cc1. The van der Waals surface area contributed by atoms with Crippen LogP contribution in [0.1, 0.15) is 24.4 Å². The fourth-order valence-corrected chi connectivity index (χ4v) is 4.43. The Morgan fingerprint density at radius 1 is 0.870 bits per heavy atom. The zero-order valence-corrected chi connectivity index (χ0v) is 13.2. The second-order valence-corrected chi connectivity index (χ2v) is 6.89. The standard InChI is InChI=1S/C20H21N3/c1-2-4-14(5-3-1)15-6-8-16(9-7-15)18-20-19(22-21-18)17-10-12-23(20)13-11-17/h1-9,17-18,20-21H,10-13H2/t18-,20+/m0/s1. The fraction of sp³-hybridized carbons (Fsp3) is 0.350. The molecule has 3 heteroatoms. The maximum absolute atomic E-state index is 4.70. The van der Waals surface area contributed by atoms with Crippen molar-refractivity contribution in [2.75, 3.05) is 13.1 Å². The Labute approximate surface area is 137 Å². The molecule has 0 aromatic heterocycles. The summed E-state index contributed by atoms with van der Waals surface area (Å²) in [5.41, 5.74) is 8.72. The Morgan fingerprint density at radius 3 is 2.30 bits per heavy atom. The Morgan fingerprint density at radius 2 is 1.57 bits per heavy atom. The lowest BCUT2D eigenvalue weighted by Gasteiger charge is -2.45. The van der Waals surface area contributed by atoms with Crippen LogP contribution < -0.4 is 5.43 Å². The summed E-state index contributed by atoms with van der Waals surface area (Å²) >= 11 is 0. The average molecular weight is 303 g/mol. The van der Waals surface area contributed by atoms with Gasteiger partial charge in [-0.05, 0) is 42.6 Å². The lowest BCUT2D eigenvalue weighted by Crippen LogP contribution is -2.56. The van der Waals surface area contributed by atoms with Crippen LogP contribution in [0.3, 0.4) is 0 Å². The van der Waals surface area contributed by atoms with E-state index in [1.165, 1.54) is 48.3 Å². The number of hydrogen-bond donors (Lipinski definition) is 1. The van der Waals surface area contributed by atoms with Crippen molar-refractivity contribution in [3.05, 3.63) is 60.2 Å². The van der Waals surface area contributed by atoms with Gasteiger partial charge in [-0.2, -0.15) is 5.10 Å².